The minimum absolute atomic E-state index is 0.275. The first-order valence-electron chi connectivity index (χ1n) is 2.60. The molecule has 54 valence electrons. The molecule has 0 N–H and O–H groups in total. The van der Waals surface area contributed by atoms with Crippen LogP contribution < -0.4 is 0 Å². The highest BCUT2D eigenvalue weighted by atomic mass is 35.5. The molecule has 0 aliphatic rings. The molecule has 0 aromatic carbocycles. The predicted molar refractivity (Wildman–Crippen MR) is 35.9 cm³/mol. The molecule has 0 radical (unpaired) electrons. The standard InChI is InChI=1S/C4H9ClO3P/c1-2-7-9(6)8-4-3-5/h2-4H2,1H3/q+1. The quantitative estimate of drug-likeness (QED) is 0.468. The van der Waals surface area contributed by atoms with Gasteiger partial charge in [0.15, 0.2) is 0 Å². The molecule has 1 unspecified atom stereocenters. The summed E-state index contributed by atoms with van der Waals surface area (Å²) >= 11 is 5.24. The second kappa shape index (κ2) is 6.43. The van der Waals surface area contributed by atoms with Crippen LogP contribution in [0, 0.1) is 0 Å². The van der Waals surface area contributed by atoms with Crippen molar-refractivity contribution in [2.75, 3.05) is 19.1 Å². The van der Waals surface area contributed by atoms with Crippen LogP contribution in [0.4, 0.5) is 0 Å². The summed E-state index contributed by atoms with van der Waals surface area (Å²) in [7, 11) is -1.92. The molecule has 0 aromatic rings. The first-order valence-corrected chi connectivity index (χ1v) is 4.23. The molecule has 0 amide bonds. The van der Waals surface area contributed by atoms with E-state index in [1.165, 1.54) is 0 Å². The molecule has 0 bridgehead atoms. The molecule has 0 aromatic heterocycles. The highest BCUT2D eigenvalue weighted by Gasteiger charge is 2.17. The van der Waals surface area contributed by atoms with Gasteiger partial charge in [-0.15, -0.1) is 20.6 Å². The molecular formula is C4H9ClO3P+. The number of halogens is 1. The summed E-state index contributed by atoms with van der Waals surface area (Å²) < 4.78 is 19.6. The van der Waals surface area contributed by atoms with E-state index in [-0.39, 0.29) is 6.61 Å². The number of rotatable bonds is 5. The summed E-state index contributed by atoms with van der Waals surface area (Å²) in [5.41, 5.74) is 0. The van der Waals surface area contributed by atoms with Crippen LogP contribution in [0.2, 0.25) is 0 Å². The monoisotopic (exact) mass is 171 g/mol. The average Bonchev–Trinajstić information content (AvgIpc) is 1.85. The summed E-state index contributed by atoms with van der Waals surface area (Å²) in [4.78, 5) is 0. The molecule has 3 nitrogen and oxygen atoms in total. The molecule has 0 fully saturated rings. The zero-order valence-electron chi connectivity index (χ0n) is 5.17. The molecule has 0 aliphatic heterocycles. The van der Waals surface area contributed by atoms with Gasteiger partial charge in [0.1, 0.15) is 13.2 Å². The summed E-state index contributed by atoms with van der Waals surface area (Å²) in [6.07, 6.45) is 0. The third-order valence-corrected chi connectivity index (χ3v) is 1.53. The maximum absolute atomic E-state index is 10.4. The van der Waals surface area contributed by atoms with Crippen molar-refractivity contribution in [1.29, 1.82) is 0 Å². The van der Waals surface area contributed by atoms with Gasteiger partial charge in [-0.1, -0.05) is 0 Å². The van der Waals surface area contributed by atoms with Gasteiger partial charge in [-0.25, -0.2) is 0 Å². The van der Waals surface area contributed by atoms with E-state index in [1.54, 1.807) is 6.92 Å². The minimum Gasteiger partial charge on any atom is -0.124 e. The van der Waals surface area contributed by atoms with Crippen molar-refractivity contribution in [2.24, 2.45) is 0 Å². The Labute approximate surface area is 60.2 Å². The van der Waals surface area contributed by atoms with E-state index in [1.807, 2.05) is 0 Å². The zero-order valence-corrected chi connectivity index (χ0v) is 6.82. The van der Waals surface area contributed by atoms with Crippen LogP contribution in [0.15, 0.2) is 0 Å². The van der Waals surface area contributed by atoms with E-state index >= 15 is 0 Å². The Morgan fingerprint density at radius 2 is 2.22 bits per heavy atom. The lowest BCUT2D eigenvalue weighted by atomic mass is 10.9. The lowest BCUT2D eigenvalue weighted by Gasteiger charge is -1.82. The predicted octanol–water partition coefficient (Wildman–Crippen LogP) is 1.94. The molecule has 9 heavy (non-hydrogen) atoms. The van der Waals surface area contributed by atoms with Crippen LogP contribution in [0.3, 0.4) is 0 Å². The highest BCUT2D eigenvalue weighted by Crippen LogP contribution is 2.22. The van der Waals surface area contributed by atoms with Crippen LogP contribution in [0.1, 0.15) is 6.92 Å². The Morgan fingerprint density at radius 1 is 1.56 bits per heavy atom. The Bertz CT molecular complexity index is 87.9. The fourth-order valence-corrected chi connectivity index (χ4v) is 0.962. The molecular weight excluding hydrogens is 162 g/mol. The second-order valence-corrected chi connectivity index (χ2v) is 2.51. The Morgan fingerprint density at radius 3 is 2.67 bits per heavy atom. The molecule has 5 heteroatoms. The van der Waals surface area contributed by atoms with E-state index in [9.17, 15) is 4.57 Å². The van der Waals surface area contributed by atoms with Gasteiger partial charge in [0.25, 0.3) is 0 Å². The van der Waals surface area contributed by atoms with E-state index in [2.05, 4.69) is 9.05 Å². The molecule has 0 rings (SSSR count). The molecule has 0 saturated heterocycles. The number of alkyl halides is 1. The lowest BCUT2D eigenvalue weighted by Crippen LogP contribution is -1.88. The van der Waals surface area contributed by atoms with Gasteiger partial charge in [0.2, 0.25) is 0 Å². The third-order valence-electron chi connectivity index (χ3n) is 0.508. The summed E-state index contributed by atoms with van der Waals surface area (Å²) in [6, 6.07) is 0. The van der Waals surface area contributed by atoms with Crippen molar-refractivity contribution in [3.05, 3.63) is 0 Å². The smallest absolute Gasteiger partial charge is 0.124 e. The molecule has 0 saturated carbocycles. The van der Waals surface area contributed by atoms with Crippen molar-refractivity contribution in [3.8, 4) is 0 Å². The SMILES string of the molecule is CCO[P+](=O)OCCCl. The molecule has 0 heterocycles. The first-order chi connectivity index (χ1) is 4.31. The number of hydrogen-bond acceptors (Lipinski definition) is 3. The van der Waals surface area contributed by atoms with Gasteiger partial charge in [-0.3, -0.25) is 0 Å². The summed E-state index contributed by atoms with van der Waals surface area (Å²) in [5.74, 6) is 0.341. The van der Waals surface area contributed by atoms with Gasteiger partial charge < -0.3 is 0 Å². The normalized spacial score (nSPS) is 11.6. The van der Waals surface area contributed by atoms with E-state index in [0.717, 1.165) is 0 Å². The molecule has 0 aliphatic carbocycles. The second-order valence-electron chi connectivity index (χ2n) is 1.16. The van der Waals surface area contributed by atoms with Gasteiger partial charge in [0.05, 0.1) is 5.88 Å². The van der Waals surface area contributed by atoms with Crippen LogP contribution >= 0.6 is 19.9 Å². The van der Waals surface area contributed by atoms with Gasteiger partial charge in [0, 0.05) is 4.57 Å². The van der Waals surface area contributed by atoms with E-state index in [0.29, 0.717) is 12.5 Å². The van der Waals surface area contributed by atoms with Gasteiger partial charge in [-0.05, 0) is 6.92 Å². The first kappa shape index (κ1) is 9.31. The van der Waals surface area contributed by atoms with Crippen LogP contribution in [0.25, 0.3) is 0 Å². The molecule has 0 spiro atoms. The fourth-order valence-electron chi connectivity index (χ4n) is 0.252. The largest absolute Gasteiger partial charge is 0.697 e. The van der Waals surface area contributed by atoms with E-state index in [4.69, 9.17) is 11.6 Å². The van der Waals surface area contributed by atoms with Crippen molar-refractivity contribution in [3.63, 3.8) is 0 Å². The Hall–Kier alpha value is 0.310. The third kappa shape index (κ3) is 6.19. The lowest BCUT2D eigenvalue weighted by molar-refractivity contribution is 0.244. The van der Waals surface area contributed by atoms with Gasteiger partial charge in [-0.2, -0.15) is 0 Å². The Kier molecular flexibility index (Phi) is 6.65. The average molecular weight is 172 g/mol. The Balaban J connectivity index is 3.06. The summed E-state index contributed by atoms with van der Waals surface area (Å²) in [5, 5.41) is 0. The van der Waals surface area contributed by atoms with Gasteiger partial charge >= 0.3 is 8.25 Å². The molecule has 1 atom stereocenters. The van der Waals surface area contributed by atoms with Crippen molar-refractivity contribution < 1.29 is 13.6 Å². The highest BCUT2D eigenvalue weighted by molar-refractivity contribution is 7.33. The van der Waals surface area contributed by atoms with Crippen molar-refractivity contribution in [1.82, 2.24) is 0 Å². The van der Waals surface area contributed by atoms with E-state index < -0.39 is 8.25 Å². The number of hydrogen-bond donors (Lipinski definition) is 0. The summed E-state index contributed by atoms with van der Waals surface area (Å²) in [6.45, 7) is 2.42. The maximum Gasteiger partial charge on any atom is 0.697 e. The van der Waals surface area contributed by atoms with Crippen molar-refractivity contribution in [2.45, 2.75) is 6.92 Å². The maximum atomic E-state index is 10.4. The van der Waals surface area contributed by atoms with Crippen LogP contribution in [0.5, 0.6) is 0 Å². The van der Waals surface area contributed by atoms with Crippen LogP contribution in [-0.2, 0) is 13.6 Å². The van der Waals surface area contributed by atoms with Crippen LogP contribution in [-0.4, -0.2) is 19.1 Å². The van der Waals surface area contributed by atoms with Crippen molar-refractivity contribution >= 4 is 19.9 Å². The minimum atomic E-state index is -1.92. The topological polar surface area (TPSA) is 35.5 Å². The fraction of sp³-hybridized carbons (Fsp3) is 1.00. The zero-order chi connectivity index (χ0) is 7.11.